The van der Waals surface area contributed by atoms with Crippen LogP contribution in [0.1, 0.15) is 39.5 Å². The number of carboxylic acid groups (broad SMARTS) is 1. The quantitative estimate of drug-likeness (QED) is 0.787. The molecule has 0 bridgehead atoms. The predicted octanol–water partition coefficient (Wildman–Crippen LogP) is 1.65. The number of nitrogens with one attached hydrogen (secondary N) is 1. The molecule has 2 N–H and O–H groups in total. The highest BCUT2D eigenvalue weighted by atomic mass is 16.4. The van der Waals surface area contributed by atoms with Gasteiger partial charge < -0.3 is 10.4 Å². The van der Waals surface area contributed by atoms with E-state index in [0.29, 0.717) is 12.3 Å². The van der Waals surface area contributed by atoms with E-state index in [1.807, 2.05) is 0 Å². The molecule has 2 fully saturated rings. The average Bonchev–Trinajstić information content (AvgIpc) is 3.01. The molecule has 5 atom stereocenters. The third-order valence-electron chi connectivity index (χ3n) is 4.20. The predicted molar refractivity (Wildman–Crippen MR) is 63.3 cm³/mol. The summed E-state index contributed by atoms with van der Waals surface area (Å²) in [5.41, 5.74) is 0. The van der Waals surface area contributed by atoms with Crippen LogP contribution < -0.4 is 5.32 Å². The van der Waals surface area contributed by atoms with Crippen LogP contribution in [0.25, 0.3) is 0 Å². The summed E-state index contributed by atoms with van der Waals surface area (Å²) in [5.74, 6) is -0.360. The van der Waals surface area contributed by atoms with Crippen molar-refractivity contribution in [2.24, 2.45) is 23.7 Å². The molecule has 0 heterocycles. The van der Waals surface area contributed by atoms with Crippen molar-refractivity contribution in [1.29, 1.82) is 0 Å². The number of rotatable bonds is 3. The Morgan fingerprint density at radius 1 is 1.12 bits per heavy atom. The second-order valence-corrected chi connectivity index (χ2v) is 5.80. The number of hydrogen-bond donors (Lipinski definition) is 2. The molecule has 4 heteroatoms. The lowest BCUT2D eigenvalue weighted by molar-refractivity contribution is -0.140. The highest BCUT2D eigenvalue weighted by Crippen LogP contribution is 2.39. The van der Waals surface area contributed by atoms with Gasteiger partial charge in [0.25, 0.3) is 0 Å². The molecule has 4 nitrogen and oxygen atoms in total. The summed E-state index contributed by atoms with van der Waals surface area (Å²) in [6, 6.07) is 0.244. The molecule has 1 amide bonds. The Morgan fingerprint density at radius 3 is 2.35 bits per heavy atom. The van der Waals surface area contributed by atoms with Crippen molar-refractivity contribution < 1.29 is 14.7 Å². The molecule has 0 aromatic heterocycles. The van der Waals surface area contributed by atoms with Gasteiger partial charge in [-0.1, -0.05) is 13.8 Å². The fraction of sp³-hybridized carbons (Fsp3) is 0.846. The summed E-state index contributed by atoms with van der Waals surface area (Å²) in [7, 11) is 0. The Kier molecular flexibility index (Phi) is 3.40. The van der Waals surface area contributed by atoms with E-state index in [4.69, 9.17) is 5.11 Å². The van der Waals surface area contributed by atoms with Crippen LogP contribution in [0.4, 0.5) is 0 Å². The minimum atomic E-state index is -0.838. The number of amides is 1. The zero-order valence-corrected chi connectivity index (χ0v) is 10.5. The first-order chi connectivity index (χ1) is 7.99. The van der Waals surface area contributed by atoms with Gasteiger partial charge in [-0.2, -0.15) is 0 Å². The Morgan fingerprint density at radius 2 is 1.82 bits per heavy atom. The van der Waals surface area contributed by atoms with E-state index in [1.165, 1.54) is 0 Å². The maximum Gasteiger partial charge on any atom is 0.307 e. The maximum atomic E-state index is 11.8. The van der Waals surface area contributed by atoms with Crippen LogP contribution in [0.15, 0.2) is 0 Å². The number of hydrogen-bond acceptors (Lipinski definition) is 2. The van der Waals surface area contributed by atoms with Crippen molar-refractivity contribution in [2.45, 2.75) is 45.6 Å². The molecule has 0 aromatic rings. The standard InChI is InChI=1S/C13H21NO3/c1-7-3-4-11(8(2)5-7)14-12(15)9-6-10(9)13(16)17/h7-11H,3-6H2,1-2H3,(H,14,15)(H,16,17)/t7?,8?,9-,10+,11?/m1/s1. The first-order valence-corrected chi connectivity index (χ1v) is 6.52. The molecule has 2 aliphatic rings. The lowest BCUT2D eigenvalue weighted by Gasteiger charge is -2.33. The van der Waals surface area contributed by atoms with Crippen LogP contribution in [0.3, 0.4) is 0 Å². The van der Waals surface area contributed by atoms with E-state index in [2.05, 4.69) is 19.2 Å². The monoisotopic (exact) mass is 239 g/mol. The second-order valence-electron chi connectivity index (χ2n) is 5.80. The van der Waals surface area contributed by atoms with Gasteiger partial charge in [0.1, 0.15) is 0 Å². The second kappa shape index (κ2) is 4.67. The van der Waals surface area contributed by atoms with Crippen molar-refractivity contribution in [3.05, 3.63) is 0 Å². The van der Waals surface area contributed by atoms with E-state index in [-0.39, 0.29) is 17.9 Å². The maximum absolute atomic E-state index is 11.8. The van der Waals surface area contributed by atoms with E-state index < -0.39 is 11.9 Å². The lowest BCUT2D eigenvalue weighted by atomic mass is 9.80. The SMILES string of the molecule is CC1CCC(NC(=O)[C@@H]2C[C@@H]2C(=O)O)C(C)C1. The van der Waals surface area contributed by atoms with Gasteiger partial charge in [0.05, 0.1) is 11.8 Å². The summed E-state index contributed by atoms with van der Waals surface area (Å²) in [5, 5.41) is 11.8. The van der Waals surface area contributed by atoms with Crippen molar-refractivity contribution in [2.75, 3.05) is 0 Å². The minimum absolute atomic E-state index is 0.0520. The zero-order chi connectivity index (χ0) is 12.6. The van der Waals surface area contributed by atoms with Crippen LogP contribution in [0.2, 0.25) is 0 Å². The Balaban J connectivity index is 1.81. The van der Waals surface area contributed by atoms with E-state index in [0.717, 1.165) is 25.2 Å². The highest BCUT2D eigenvalue weighted by molar-refractivity contribution is 5.89. The van der Waals surface area contributed by atoms with Crippen molar-refractivity contribution >= 4 is 11.9 Å². The van der Waals surface area contributed by atoms with Gasteiger partial charge in [-0.25, -0.2) is 0 Å². The number of carbonyl (C=O) groups is 2. The van der Waals surface area contributed by atoms with Crippen molar-refractivity contribution in [3.63, 3.8) is 0 Å². The largest absolute Gasteiger partial charge is 0.481 e. The molecule has 0 aliphatic heterocycles. The third kappa shape index (κ3) is 2.79. The minimum Gasteiger partial charge on any atom is -0.481 e. The lowest BCUT2D eigenvalue weighted by Crippen LogP contribution is -2.43. The highest BCUT2D eigenvalue weighted by Gasteiger charge is 2.48. The molecule has 96 valence electrons. The van der Waals surface area contributed by atoms with Gasteiger partial charge in [0.15, 0.2) is 0 Å². The molecule has 17 heavy (non-hydrogen) atoms. The van der Waals surface area contributed by atoms with Crippen LogP contribution in [0.5, 0.6) is 0 Å². The summed E-state index contributed by atoms with van der Waals surface area (Å²) < 4.78 is 0. The van der Waals surface area contributed by atoms with Crippen LogP contribution in [0, 0.1) is 23.7 Å². The fourth-order valence-corrected chi connectivity index (χ4v) is 2.93. The van der Waals surface area contributed by atoms with Gasteiger partial charge in [0, 0.05) is 6.04 Å². The van der Waals surface area contributed by atoms with Crippen molar-refractivity contribution in [3.8, 4) is 0 Å². The Bertz CT molecular complexity index is 329. The fourth-order valence-electron chi connectivity index (χ4n) is 2.93. The molecule has 2 saturated carbocycles. The Hall–Kier alpha value is -1.06. The van der Waals surface area contributed by atoms with Crippen molar-refractivity contribution in [1.82, 2.24) is 5.32 Å². The number of aliphatic carboxylic acids is 1. The van der Waals surface area contributed by atoms with Gasteiger partial charge in [-0.3, -0.25) is 9.59 Å². The normalized spacial score (nSPS) is 40.7. The molecule has 0 saturated heterocycles. The van der Waals surface area contributed by atoms with Crippen LogP contribution in [-0.4, -0.2) is 23.0 Å². The molecule has 2 rings (SSSR count). The van der Waals surface area contributed by atoms with E-state index in [9.17, 15) is 9.59 Å². The first kappa shape index (κ1) is 12.4. The van der Waals surface area contributed by atoms with Crippen LogP contribution in [-0.2, 0) is 9.59 Å². The molecule has 0 aromatic carbocycles. The third-order valence-corrected chi connectivity index (χ3v) is 4.20. The van der Waals surface area contributed by atoms with E-state index in [1.54, 1.807) is 0 Å². The van der Waals surface area contributed by atoms with Gasteiger partial charge >= 0.3 is 5.97 Å². The van der Waals surface area contributed by atoms with Gasteiger partial charge in [0.2, 0.25) is 5.91 Å². The van der Waals surface area contributed by atoms with Gasteiger partial charge in [-0.05, 0) is 37.5 Å². The summed E-state index contributed by atoms with van der Waals surface area (Å²) in [6.07, 6.45) is 3.84. The smallest absolute Gasteiger partial charge is 0.307 e. The molecule has 0 radical (unpaired) electrons. The molecule has 0 spiro atoms. The summed E-state index contributed by atoms with van der Waals surface area (Å²) in [6.45, 7) is 4.41. The molecule has 3 unspecified atom stereocenters. The topological polar surface area (TPSA) is 66.4 Å². The molecular formula is C13H21NO3. The average molecular weight is 239 g/mol. The first-order valence-electron chi connectivity index (χ1n) is 6.52. The van der Waals surface area contributed by atoms with Crippen LogP contribution >= 0.6 is 0 Å². The van der Waals surface area contributed by atoms with E-state index >= 15 is 0 Å². The summed E-state index contributed by atoms with van der Waals surface area (Å²) in [4.78, 5) is 22.5. The molecule has 2 aliphatic carbocycles. The number of carbonyl (C=O) groups excluding carboxylic acids is 1. The van der Waals surface area contributed by atoms with Gasteiger partial charge in [-0.15, -0.1) is 0 Å². The summed E-state index contributed by atoms with van der Waals surface area (Å²) >= 11 is 0. The number of carboxylic acids is 1. The molecular weight excluding hydrogens is 218 g/mol. The Labute approximate surface area is 102 Å². The zero-order valence-electron chi connectivity index (χ0n) is 10.5.